The van der Waals surface area contributed by atoms with Crippen LogP contribution in [0, 0.1) is 0 Å². The Kier molecular flexibility index (Phi) is 3.60. The van der Waals surface area contributed by atoms with Crippen LogP contribution in [-0.2, 0) is 0 Å². The van der Waals surface area contributed by atoms with Gasteiger partial charge in [-0.3, -0.25) is 9.59 Å². The molecule has 0 aliphatic heterocycles. The molecular formula is C25H13NO3S. The number of carbonyl (C=O) groups excluding carboxylic acids is 2. The summed E-state index contributed by atoms with van der Waals surface area (Å²) in [4.78, 5) is 31.9. The monoisotopic (exact) mass is 407 g/mol. The van der Waals surface area contributed by atoms with Gasteiger partial charge in [-0.1, -0.05) is 42.5 Å². The number of carbonyl (C=O) groups is 2. The third kappa shape index (κ3) is 2.56. The molecule has 0 bridgehead atoms. The lowest BCUT2D eigenvalue weighted by molar-refractivity contribution is 0.0990. The first-order chi connectivity index (χ1) is 14.7. The summed E-state index contributed by atoms with van der Waals surface area (Å²) in [5.74, 6) is 0.0931. The van der Waals surface area contributed by atoms with Crippen LogP contribution in [0.1, 0.15) is 25.6 Å². The fraction of sp³-hybridized carbons (Fsp3) is 0. The standard InChI is InChI=1S/C25H13NO3S/c27-22-18-10-15-8-4-5-9-16(15)11-19(18)23(28)20(22)12-17-13-21-25(30-17)26-24(29-21)14-6-2-1-3-7-14/h1-13H. The van der Waals surface area contributed by atoms with Crippen LogP contribution in [0.4, 0.5) is 0 Å². The Balaban J connectivity index is 1.39. The molecule has 0 saturated carbocycles. The third-order valence-corrected chi connectivity index (χ3v) is 6.24. The maximum absolute atomic E-state index is 12.9. The number of ketones is 2. The van der Waals surface area contributed by atoms with Gasteiger partial charge in [0.05, 0.1) is 5.57 Å². The van der Waals surface area contributed by atoms with E-state index in [0.717, 1.165) is 26.0 Å². The van der Waals surface area contributed by atoms with Gasteiger partial charge in [-0.05, 0) is 41.1 Å². The molecule has 0 amide bonds. The Bertz CT molecular complexity index is 1430. The molecule has 0 atom stereocenters. The molecule has 1 aliphatic rings. The van der Waals surface area contributed by atoms with Crippen molar-refractivity contribution >= 4 is 50.2 Å². The Labute approximate surface area is 175 Å². The van der Waals surface area contributed by atoms with Gasteiger partial charge in [0.2, 0.25) is 5.89 Å². The number of rotatable bonds is 2. The summed E-state index contributed by atoms with van der Waals surface area (Å²) in [6, 6.07) is 22.8. The molecule has 0 N–H and O–H groups in total. The average Bonchev–Trinajstić information content (AvgIpc) is 3.41. The molecule has 1 aliphatic carbocycles. The molecule has 30 heavy (non-hydrogen) atoms. The van der Waals surface area contributed by atoms with E-state index in [0.29, 0.717) is 22.6 Å². The first kappa shape index (κ1) is 17.1. The predicted octanol–water partition coefficient (Wildman–Crippen LogP) is 6.17. The molecular weight excluding hydrogens is 394 g/mol. The minimum atomic E-state index is -0.233. The number of nitrogens with zero attached hydrogens (tertiary/aromatic N) is 1. The Morgan fingerprint density at radius 2 is 1.43 bits per heavy atom. The van der Waals surface area contributed by atoms with Crippen molar-refractivity contribution in [2.24, 2.45) is 0 Å². The summed E-state index contributed by atoms with van der Waals surface area (Å²) in [5.41, 5.74) is 2.67. The summed E-state index contributed by atoms with van der Waals surface area (Å²) < 4.78 is 5.87. The van der Waals surface area contributed by atoms with E-state index in [4.69, 9.17) is 4.42 Å². The van der Waals surface area contributed by atoms with Crippen LogP contribution in [0.15, 0.2) is 82.8 Å². The first-order valence-corrected chi connectivity index (χ1v) is 10.3. The normalized spacial score (nSPS) is 13.4. The van der Waals surface area contributed by atoms with Gasteiger partial charge in [0.25, 0.3) is 0 Å². The van der Waals surface area contributed by atoms with Gasteiger partial charge in [-0.15, -0.1) is 11.3 Å². The van der Waals surface area contributed by atoms with E-state index in [-0.39, 0.29) is 17.1 Å². The fourth-order valence-corrected chi connectivity index (χ4v) is 4.71. The maximum Gasteiger partial charge on any atom is 0.228 e. The van der Waals surface area contributed by atoms with Crippen LogP contribution in [0.2, 0.25) is 0 Å². The number of oxazole rings is 1. The van der Waals surface area contributed by atoms with Gasteiger partial charge < -0.3 is 4.42 Å². The van der Waals surface area contributed by atoms with E-state index < -0.39 is 0 Å². The van der Waals surface area contributed by atoms with Crippen molar-refractivity contribution in [3.63, 3.8) is 0 Å². The van der Waals surface area contributed by atoms with Crippen LogP contribution in [0.25, 0.3) is 38.7 Å². The van der Waals surface area contributed by atoms with Crippen molar-refractivity contribution in [2.75, 3.05) is 0 Å². The first-order valence-electron chi connectivity index (χ1n) is 9.47. The molecule has 5 aromatic rings. The van der Waals surface area contributed by atoms with Gasteiger partial charge >= 0.3 is 0 Å². The Morgan fingerprint density at radius 1 is 0.800 bits per heavy atom. The summed E-state index contributed by atoms with van der Waals surface area (Å²) in [6.07, 6.45) is 1.65. The van der Waals surface area contributed by atoms with E-state index in [1.54, 1.807) is 18.2 Å². The van der Waals surface area contributed by atoms with Crippen LogP contribution < -0.4 is 0 Å². The van der Waals surface area contributed by atoms with Crippen molar-refractivity contribution in [3.05, 3.63) is 94.4 Å². The fourth-order valence-electron chi connectivity index (χ4n) is 3.81. The second kappa shape index (κ2) is 6.34. The maximum atomic E-state index is 12.9. The molecule has 0 fully saturated rings. The molecule has 2 aromatic heterocycles. The number of benzene rings is 3. The lowest BCUT2D eigenvalue weighted by atomic mass is 10.0. The zero-order valence-electron chi connectivity index (χ0n) is 15.6. The van der Waals surface area contributed by atoms with Crippen LogP contribution in [-0.4, -0.2) is 16.6 Å². The zero-order valence-corrected chi connectivity index (χ0v) is 16.4. The molecule has 142 valence electrons. The number of Topliss-reactive ketones (excluding diaryl/α,β-unsaturated/α-hetero) is 2. The van der Waals surface area contributed by atoms with Crippen LogP contribution in [0.5, 0.6) is 0 Å². The number of allylic oxidation sites excluding steroid dienone is 1. The van der Waals surface area contributed by atoms with Gasteiger partial charge in [0, 0.05) is 27.6 Å². The predicted molar refractivity (Wildman–Crippen MR) is 118 cm³/mol. The largest absolute Gasteiger partial charge is 0.435 e. The van der Waals surface area contributed by atoms with Crippen molar-refractivity contribution in [1.29, 1.82) is 0 Å². The minimum Gasteiger partial charge on any atom is -0.435 e. The van der Waals surface area contributed by atoms with Gasteiger partial charge in [-0.2, -0.15) is 4.98 Å². The highest BCUT2D eigenvalue weighted by Crippen LogP contribution is 2.35. The van der Waals surface area contributed by atoms with E-state index in [1.165, 1.54) is 11.3 Å². The second-order valence-corrected chi connectivity index (χ2v) is 8.23. The topological polar surface area (TPSA) is 60.2 Å². The second-order valence-electron chi connectivity index (χ2n) is 7.16. The lowest BCUT2D eigenvalue weighted by Crippen LogP contribution is -1.99. The van der Waals surface area contributed by atoms with Crippen molar-refractivity contribution in [3.8, 4) is 11.5 Å². The van der Waals surface area contributed by atoms with Crippen molar-refractivity contribution < 1.29 is 14.0 Å². The summed E-state index contributed by atoms with van der Waals surface area (Å²) >= 11 is 1.40. The number of thiophene rings is 1. The molecule has 3 aromatic carbocycles. The molecule has 2 heterocycles. The molecule has 4 nitrogen and oxygen atoms in total. The van der Waals surface area contributed by atoms with E-state index in [1.807, 2.05) is 60.7 Å². The smallest absolute Gasteiger partial charge is 0.228 e. The molecule has 6 rings (SSSR count). The molecule has 5 heteroatoms. The highest BCUT2D eigenvalue weighted by molar-refractivity contribution is 7.19. The molecule has 0 saturated heterocycles. The van der Waals surface area contributed by atoms with Crippen LogP contribution in [0.3, 0.4) is 0 Å². The van der Waals surface area contributed by atoms with Crippen LogP contribution >= 0.6 is 11.3 Å². The SMILES string of the molecule is O=C1C(=Cc2cc3oc(-c4ccccc4)nc3s2)C(=O)c2cc3ccccc3cc21. The number of hydrogen-bond donors (Lipinski definition) is 0. The third-order valence-electron chi connectivity index (χ3n) is 5.28. The zero-order chi connectivity index (χ0) is 20.2. The lowest BCUT2D eigenvalue weighted by Gasteiger charge is -2.00. The number of fused-ring (bicyclic) bond motifs is 3. The summed E-state index contributed by atoms with van der Waals surface area (Å²) in [5, 5.41) is 1.90. The number of aromatic nitrogens is 1. The quantitative estimate of drug-likeness (QED) is 0.259. The molecule has 0 spiro atoms. The molecule has 0 unspecified atom stereocenters. The highest BCUT2D eigenvalue weighted by atomic mass is 32.1. The Morgan fingerprint density at radius 3 is 2.07 bits per heavy atom. The van der Waals surface area contributed by atoms with Gasteiger partial charge in [-0.25, -0.2) is 0 Å². The summed E-state index contributed by atoms with van der Waals surface area (Å²) in [7, 11) is 0. The summed E-state index contributed by atoms with van der Waals surface area (Å²) in [6.45, 7) is 0. The van der Waals surface area contributed by atoms with Crippen molar-refractivity contribution in [2.45, 2.75) is 0 Å². The number of hydrogen-bond acceptors (Lipinski definition) is 5. The van der Waals surface area contributed by atoms with Gasteiger partial charge in [0.15, 0.2) is 22.0 Å². The van der Waals surface area contributed by atoms with E-state index in [2.05, 4.69) is 4.98 Å². The van der Waals surface area contributed by atoms with E-state index >= 15 is 0 Å². The Hall–Kier alpha value is -3.83. The average molecular weight is 407 g/mol. The molecule has 0 radical (unpaired) electrons. The minimum absolute atomic E-state index is 0.187. The van der Waals surface area contributed by atoms with E-state index in [9.17, 15) is 9.59 Å². The highest BCUT2D eigenvalue weighted by Gasteiger charge is 2.33. The van der Waals surface area contributed by atoms with Crippen molar-refractivity contribution in [1.82, 2.24) is 4.98 Å². The van der Waals surface area contributed by atoms with Gasteiger partial charge in [0.1, 0.15) is 0 Å².